The van der Waals surface area contributed by atoms with E-state index in [-0.39, 0.29) is 0 Å². The molecule has 0 saturated heterocycles. The van der Waals surface area contributed by atoms with Crippen molar-refractivity contribution in [3.05, 3.63) is 23.3 Å². The average Bonchev–Trinajstić information content (AvgIpc) is 1.83. The molecule has 3 N–H and O–H groups in total. The van der Waals surface area contributed by atoms with Crippen molar-refractivity contribution < 1.29 is 5.11 Å². The molecular weight excluding hydrogens is 150 g/mol. The van der Waals surface area contributed by atoms with E-state index in [1.54, 1.807) is 25.2 Å². The number of halogens is 1. The summed E-state index contributed by atoms with van der Waals surface area (Å²) in [4.78, 5) is 0. The van der Waals surface area contributed by atoms with Crippen LogP contribution in [0.1, 0.15) is 6.92 Å². The molecule has 1 aliphatic carbocycles. The van der Waals surface area contributed by atoms with Crippen LogP contribution in [0, 0.1) is 0 Å². The van der Waals surface area contributed by atoms with Gasteiger partial charge in [0.15, 0.2) is 0 Å². The maximum absolute atomic E-state index is 9.33. The fourth-order valence-electron chi connectivity index (χ4n) is 0.827. The molecule has 0 amide bonds. The lowest BCUT2D eigenvalue weighted by Gasteiger charge is -2.28. The molecule has 1 rings (SSSR count). The molecule has 0 fully saturated rings. The zero-order chi connectivity index (χ0) is 7.78. The minimum atomic E-state index is -0.765. The maximum Gasteiger partial charge on any atom is 0.111 e. The monoisotopic (exact) mass is 159 g/mol. The third-order valence-corrected chi connectivity index (χ3v) is 1.89. The van der Waals surface area contributed by atoms with Gasteiger partial charge in [-0.15, -0.1) is 0 Å². The standard InChI is InChI=1S/C7H10ClNO/c1-7(9)4-2-3-5(8)6(7)10/h2-4,6,10H,9H2,1H3. The molecule has 2 nitrogen and oxygen atoms in total. The van der Waals surface area contributed by atoms with Gasteiger partial charge < -0.3 is 10.8 Å². The lowest BCUT2D eigenvalue weighted by molar-refractivity contribution is 0.158. The highest BCUT2D eigenvalue weighted by atomic mass is 35.5. The second kappa shape index (κ2) is 2.38. The van der Waals surface area contributed by atoms with E-state index in [0.717, 1.165) is 0 Å². The van der Waals surface area contributed by atoms with E-state index in [0.29, 0.717) is 5.03 Å². The van der Waals surface area contributed by atoms with E-state index in [1.165, 1.54) is 0 Å². The highest BCUT2D eigenvalue weighted by Gasteiger charge is 2.29. The second-order valence-corrected chi connectivity index (χ2v) is 3.12. The van der Waals surface area contributed by atoms with Gasteiger partial charge in [-0.25, -0.2) is 0 Å². The van der Waals surface area contributed by atoms with Crippen LogP contribution in [0.3, 0.4) is 0 Å². The fraction of sp³-hybridized carbons (Fsp3) is 0.429. The van der Waals surface area contributed by atoms with E-state index in [1.807, 2.05) is 0 Å². The Labute approximate surface area is 65.0 Å². The second-order valence-electron chi connectivity index (χ2n) is 2.68. The number of aliphatic hydroxyl groups is 1. The summed E-state index contributed by atoms with van der Waals surface area (Å²) in [6.07, 6.45) is 4.35. The predicted octanol–water partition coefficient (Wildman–Crippen LogP) is 0.757. The van der Waals surface area contributed by atoms with Crippen LogP contribution in [-0.4, -0.2) is 16.7 Å². The SMILES string of the molecule is CC1(N)C=CC=C(Cl)C1O. The topological polar surface area (TPSA) is 46.2 Å². The maximum atomic E-state index is 9.33. The van der Waals surface area contributed by atoms with Gasteiger partial charge in [-0.2, -0.15) is 0 Å². The summed E-state index contributed by atoms with van der Waals surface area (Å²) in [6, 6.07) is 0. The van der Waals surface area contributed by atoms with Gasteiger partial charge in [0.2, 0.25) is 0 Å². The van der Waals surface area contributed by atoms with Gasteiger partial charge in [0.05, 0.1) is 5.54 Å². The molecule has 3 heteroatoms. The van der Waals surface area contributed by atoms with Gasteiger partial charge in [-0.1, -0.05) is 23.8 Å². The highest BCUT2D eigenvalue weighted by molar-refractivity contribution is 6.30. The van der Waals surface area contributed by atoms with E-state index in [9.17, 15) is 5.11 Å². The molecule has 2 unspecified atom stereocenters. The quantitative estimate of drug-likeness (QED) is 0.548. The van der Waals surface area contributed by atoms with E-state index in [4.69, 9.17) is 17.3 Å². The minimum Gasteiger partial charge on any atom is -0.385 e. The molecule has 0 aliphatic heterocycles. The molecule has 0 heterocycles. The van der Waals surface area contributed by atoms with Crippen LogP contribution in [0.25, 0.3) is 0 Å². The molecule has 0 bridgehead atoms. The first-order valence-electron chi connectivity index (χ1n) is 3.06. The Morgan fingerprint density at radius 3 is 2.80 bits per heavy atom. The van der Waals surface area contributed by atoms with Crippen molar-refractivity contribution in [1.82, 2.24) is 0 Å². The van der Waals surface area contributed by atoms with Crippen LogP contribution >= 0.6 is 11.6 Å². The highest BCUT2D eigenvalue weighted by Crippen LogP contribution is 2.23. The first kappa shape index (κ1) is 7.79. The number of hydrogen-bond acceptors (Lipinski definition) is 2. The van der Waals surface area contributed by atoms with Gasteiger partial charge in [-0.3, -0.25) is 0 Å². The van der Waals surface area contributed by atoms with E-state index >= 15 is 0 Å². The Morgan fingerprint density at radius 1 is 1.80 bits per heavy atom. The summed E-state index contributed by atoms with van der Waals surface area (Å²) in [5, 5.41) is 9.72. The third-order valence-electron chi connectivity index (χ3n) is 1.56. The smallest absolute Gasteiger partial charge is 0.111 e. The van der Waals surface area contributed by atoms with Crippen molar-refractivity contribution in [1.29, 1.82) is 0 Å². The van der Waals surface area contributed by atoms with Crippen LogP contribution in [-0.2, 0) is 0 Å². The molecule has 0 spiro atoms. The number of aliphatic hydroxyl groups excluding tert-OH is 1. The first-order chi connectivity index (χ1) is 4.54. The van der Waals surface area contributed by atoms with Gasteiger partial charge in [-0.05, 0) is 13.0 Å². The molecule has 1 aliphatic rings. The molecule has 0 saturated carbocycles. The van der Waals surface area contributed by atoms with Crippen molar-refractivity contribution in [2.45, 2.75) is 18.6 Å². The van der Waals surface area contributed by atoms with Gasteiger partial charge in [0, 0.05) is 5.03 Å². The molecule has 0 aromatic rings. The number of hydrogen-bond donors (Lipinski definition) is 2. The van der Waals surface area contributed by atoms with E-state index < -0.39 is 11.6 Å². The van der Waals surface area contributed by atoms with Crippen molar-refractivity contribution in [2.24, 2.45) is 5.73 Å². The predicted molar refractivity (Wildman–Crippen MR) is 41.7 cm³/mol. The summed E-state index contributed by atoms with van der Waals surface area (Å²) in [6.45, 7) is 1.73. The van der Waals surface area contributed by atoms with Crippen LogP contribution in [0.5, 0.6) is 0 Å². The summed E-state index contributed by atoms with van der Waals surface area (Å²) < 4.78 is 0. The van der Waals surface area contributed by atoms with E-state index in [2.05, 4.69) is 0 Å². The summed E-state index contributed by atoms with van der Waals surface area (Å²) in [5.74, 6) is 0. The zero-order valence-electron chi connectivity index (χ0n) is 5.71. The lowest BCUT2D eigenvalue weighted by atomic mass is 9.92. The number of rotatable bonds is 0. The first-order valence-corrected chi connectivity index (χ1v) is 3.44. The number of nitrogens with two attached hydrogens (primary N) is 1. The Kier molecular flexibility index (Phi) is 1.86. The molecule has 0 radical (unpaired) electrons. The number of allylic oxidation sites excluding steroid dienone is 2. The fourth-order valence-corrected chi connectivity index (χ4v) is 1.13. The normalized spacial score (nSPS) is 39.6. The molecule has 10 heavy (non-hydrogen) atoms. The van der Waals surface area contributed by atoms with Gasteiger partial charge in [0.25, 0.3) is 0 Å². The molecular formula is C7H10ClNO. The van der Waals surface area contributed by atoms with Crippen LogP contribution in [0.4, 0.5) is 0 Å². The largest absolute Gasteiger partial charge is 0.385 e. The van der Waals surface area contributed by atoms with Gasteiger partial charge >= 0.3 is 0 Å². The summed E-state index contributed by atoms with van der Waals surface area (Å²) in [7, 11) is 0. The van der Waals surface area contributed by atoms with Gasteiger partial charge in [0.1, 0.15) is 6.10 Å². The Balaban J connectivity index is 2.89. The molecule has 0 aromatic carbocycles. The molecule has 0 aromatic heterocycles. The van der Waals surface area contributed by atoms with Crippen molar-refractivity contribution in [3.63, 3.8) is 0 Å². The lowest BCUT2D eigenvalue weighted by Crippen LogP contribution is -2.47. The Bertz CT molecular complexity index is 196. The molecule has 56 valence electrons. The average molecular weight is 160 g/mol. The van der Waals surface area contributed by atoms with Crippen molar-refractivity contribution in [2.75, 3.05) is 0 Å². The zero-order valence-corrected chi connectivity index (χ0v) is 6.47. The van der Waals surface area contributed by atoms with Crippen LogP contribution in [0.15, 0.2) is 23.3 Å². The summed E-state index contributed by atoms with van der Waals surface area (Å²) >= 11 is 5.63. The molecule has 2 atom stereocenters. The van der Waals surface area contributed by atoms with Crippen molar-refractivity contribution in [3.8, 4) is 0 Å². The Morgan fingerprint density at radius 2 is 2.40 bits per heavy atom. The minimum absolute atomic E-state index is 0.396. The third kappa shape index (κ3) is 1.24. The van der Waals surface area contributed by atoms with Crippen LogP contribution < -0.4 is 5.73 Å². The van der Waals surface area contributed by atoms with Crippen LogP contribution in [0.2, 0.25) is 0 Å². The summed E-state index contributed by atoms with van der Waals surface area (Å²) in [5.41, 5.74) is 4.93. The van der Waals surface area contributed by atoms with Crippen molar-refractivity contribution >= 4 is 11.6 Å². The Hall–Kier alpha value is -0.310.